The number of hydrogen-bond acceptors (Lipinski definition) is 3. The van der Waals surface area contributed by atoms with Gasteiger partial charge in [0, 0.05) is 30.9 Å². The van der Waals surface area contributed by atoms with Crippen LogP contribution in [0, 0.1) is 12.7 Å². The molecule has 0 bridgehead atoms. The summed E-state index contributed by atoms with van der Waals surface area (Å²) < 4.78 is 13.7. The Hall–Kier alpha value is -1.13. The van der Waals surface area contributed by atoms with Crippen molar-refractivity contribution in [2.24, 2.45) is 5.73 Å². The molecular formula is C15H25FN2O. The van der Waals surface area contributed by atoms with Gasteiger partial charge in [0.2, 0.25) is 0 Å². The van der Waals surface area contributed by atoms with Crippen LogP contribution >= 0.6 is 0 Å². The highest BCUT2D eigenvalue weighted by Crippen LogP contribution is 2.29. The first-order chi connectivity index (χ1) is 8.88. The minimum atomic E-state index is -0.222. The third kappa shape index (κ3) is 3.91. The van der Waals surface area contributed by atoms with Gasteiger partial charge in [-0.05, 0) is 57.4 Å². The first-order valence-corrected chi connectivity index (χ1v) is 6.81. The lowest BCUT2D eigenvalue weighted by Crippen LogP contribution is -2.33. The van der Waals surface area contributed by atoms with Crippen LogP contribution in [0.15, 0.2) is 12.1 Å². The highest BCUT2D eigenvalue weighted by Gasteiger charge is 2.18. The Kier molecular flexibility index (Phi) is 5.76. The maximum absolute atomic E-state index is 13.7. The van der Waals surface area contributed by atoms with E-state index in [-0.39, 0.29) is 24.5 Å². The largest absolute Gasteiger partial charge is 0.396 e. The molecule has 19 heavy (non-hydrogen) atoms. The summed E-state index contributed by atoms with van der Waals surface area (Å²) in [6.45, 7) is 8.67. The zero-order chi connectivity index (χ0) is 14.6. The van der Waals surface area contributed by atoms with Crippen molar-refractivity contribution in [3.05, 3.63) is 29.1 Å². The average molecular weight is 268 g/mol. The zero-order valence-corrected chi connectivity index (χ0v) is 12.3. The predicted molar refractivity (Wildman–Crippen MR) is 77.9 cm³/mol. The van der Waals surface area contributed by atoms with Gasteiger partial charge in [-0.1, -0.05) is 0 Å². The lowest BCUT2D eigenvalue weighted by Gasteiger charge is -2.32. The first-order valence-electron chi connectivity index (χ1n) is 6.81. The molecule has 1 rings (SSSR count). The van der Waals surface area contributed by atoms with Gasteiger partial charge in [0.05, 0.1) is 0 Å². The highest BCUT2D eigenvalue weighted by atomic mass is 19.1. The number of aliphatic hydroxyl groups is 1. The molecular weight excluding hydrogens is 243 g/mol. The highest BCUT2D eigenvalue weighted by molar-refractivity contribution is 5.57. The predicted octanol–water partition coefficient (Wildman–Crippen LogP) is 2.75. The van der Waals surface area contributed by atoms with Crippen molar-refractivity contribution >= 4 is 5.69 Å². The van der Waals surface area contributed by atoms with E-state index in [1.807, 2.05) is 13.0 Å². The van der Waals surface area contributed by atoms with Crippen LogP contribution in [0.5, 0.6) is 0 Å². The average Bonchev–Trinajstić information content (AvgIpc) is 2.32. The van der Waals surface area contributed by atoms with Crippen molar-refractivity contribution in [3.8, 4) is 0 Å². The molecule has 4 heteroatoms. The minimum Gasteiger partial charge on any atom is -0.396 e. The van der Waals surface area contributed by atoms with E-state index >= 15 is 0 Å². The van der Waals surface area contributed by atoms with E-state index in [0.29, 0.717) is 12.0 Å². The van der Waals surface area contributed by atoms with Crippen LogP contribution in [0.3, 0.4) is 0 Å². The van der Waals surface area contributed by atoms with E-state index in [4.69, 9.17) is 10.8 Å². The summed E-state index contributed by atoms with van der Waals surface area (Å²) in [6.07, 6.45) is 0.687. The summed E-state index contributed by atoms with van der Waals surface area (Å²) in [7, 11) is 0. The number of aryl methyl sites for hydroxylation is 1. The second kappa shape index (κ2) is 6.87. The second-order valence-electron chi connectivity index (χ2n) is 5.31. The van der Waals surface area contributed by atoms with Gasteiger partial charge in [-0.15, -0.1) is 0 Å². The van der Waals surface area contributed by atoms with Gasteiger partial charge in [-0.25, -0.2) is 4.39 Å². The third-order valence-corrected chi connectivity index (χ3v) is 3.29. The Bertz CT molecular complexity index is 419. The molecule has 3 N–H and O–H groups in total. The number of nitrogens with two attached hydrogens (primary N) is 1. The molecule has 0 radical (unpaired) electrons. The molecule has 0 amide bonds. The Balaban J connectivity index is 3.23. The molecule has 3 nitrogen and oxygen atoms in total. The molecule has 0 spiro atoms. The van der Waals surface area contributed by atoms with Gasteiger partial charge in [0.15, 0.2) is 0 Å². The molecule has 0 saturated heterocycles. The lowest BCUT2D eigenvalue weighted by atomic mass is 10.0. The number of anilines is 1. The van der Waals surface area contributed by atoms with Crippen molar-refractivity contribution in [1.29, 1.82) is 0 Å². The van der Waals surface area contributed by atoms with Crippen molar-refractivity contribution in [2.45, 2.75) is 46.2 Å². The quantitative estimate of drug-likeness (QED) is 0.834. The van der Waals surface area contributed by atoms with Gasteiger partial charge < -0.3 is 15.7 Å². The molecule has 0 aromatic heterocycles. The molecule has 0 saturated carbocycles. The van der Waals surface area contributed by atoms with E-state index in [2.05, 4.69) is 18.7 Å². The smallest absolute Gasteiger partial charge is 0.126 e. The van der Waals surface area contributed by atoms with Gasteiger partial charge in [-0.3, -0.25) is 0 Å². The summed E-state index contributed by atoms with van der Waals surface area (Å²) in [4.78, 5) is 2.17. The number of rotatable bonds is 6. The molecule has 1 aromatic rings. The van der Waals surface area contributed by atoms with E-state index in [1.165, 1.54) is 6.07 Å². The fourth-order valence-electron chi connectivity index (χ4n) is 2.19. The summed E-state index contributed by atoms with van der Waals surface area (Å²) >= 11 is 0. The van der Waals surface area contributed by atoms with Gasteiger partial charge in [0.25, 0.3) is 0 Å². The molecule has 1 atom stereocenters. The fourth-order valence-corrected chi connectivity index (χ4v) is 2.19. The van der Waals surface area contributed by atoms with E-state index in [0.717, 1.165) is 17.8 Å². The normalized spacial score (nSPS) is 12.8. The Labute approximate surface area is 115 Å². The lowest BCUT2D eigenvalue weighted by molar-refractivity contribution is 0.288. The van der Waals surface area contributed by atoms with Crippen molar-refractivity contribution in [3.63, 3.8) is 0 Å². The first kappa shape index (κ1) is 15.9. The SMILES string of the molecule is Cc1cc(N(CCCO)C(C)C)c([C@H](C)N)cc1F. The maximum Gasteiger partial charge on any atom is 0.126 e. The summed E-state index contributed by atoms with van der Waals surface area (Å²) in [5.74, 6) is -0.220. The molecule has 108 valence electrons. The topological polar surface area (TPSA) is 49.5 Å². The van der Waals surface area contributed by atoms with Crippen LogP contribution in [0.25, 0.3) is 0 Å². The van der Waals surface area contributed by atoms with Crippen molar-refractivity contribution in [1.82, 2.24) is 0 Å². The van der Waals surface area contributed by atoms with Crippen LogP contribution in [0.4, 0.5) is 10.1 Å². The minimum absolute atomic E-state index is 0.150. The molecule has 0 unspecified atom stereocenters. The molecule has 0 fully saturated rings. The molecule has 1 aromatic carbocycles. The van der Waals surface area contributed by atoms with Crippen molar-refractivity contribution in [2.75, 3.05) is 18.1 Å². The Morgan fingerprint density at radius 1 is 1.32 bits per heavy atom. The monoisotopic (exact) mass is 268 g/mol. The summed E-state index contributed by atoms with van der Waals surface area (Å²) in [6, 6.07) is 3.43. The summed E-state index contributed by atoms with van der Waals surface area (Å²) in [5, 5.41) is 9.01. The zero-order valence-electron chi connectivity index (χ0n) is 12.3. The van der Waals surface area contributed by atoms with Crippen LogP contribution in [0.2, 0.25) is 0 Å². The van der Waals surface area contributed by atoms with Gasteiger partial charge in [-0.2, -0.15) is 0 Å². The third-order valence-electron chi connectivity index (χ3n) is 3.29. The number of nitrogens with zero attached hydrogens (tertiary/aromatic N) is 1. The molecule has 0 heterocycles. The van der Waals surface area contributed by atoms with Gasteiger partial charge in [0.1, 0.15) is 5.82 Å². The van der Waals surface area contributed by atoms with Gasteiger partial charge >= 0.3 is 0 Å². The standard InChI is InChI=1S/C15H25FN2O/c1-10(2)18(6-5-7-19)15-8-11(3)14(16)9-13(15)12(4)17/h8-10,12,19H,5-7,17H2,1-4H3/t12-/m0/s1. The van der Waals surface area contributed by atoms with Crippen LogP contribution in [-0.2, 0) is 0 Å². The van der Waals surface area contributed by atoms with E-state index in [9.17, 15) is 4.39 Å². The summed E-state index contributed by atoms with van der Waals surface area (Å²) in [5.41, 5.74) is 8.36. The molecule has 0 aliphatic carbocycles. The Morgan fingerprint density at radius 3 is 2.42 bits per heavy atom. The Morgan fingerprint density at radius 2 is 1.95 bits per heavy atom. The van der Waals surface area contributed by atoms with Crippen molar-refractivity contribution < 1.29 is 9.50 Å². The van der Waals surface area contributed by atoms with Crippen LogP contribution in [0.1, 0.15) is 44.4 Å². The number of aliphatic hydroxyl groups excluding tert-OH is 1. The molecule has 0 aliphatic heterocycles. The van der Waals surface area contributed by atoms with Crippen LogP contribution in [-0.4, -0.2) is 24.3 Å². The van der Waals surface area contributed by atoms with E-state index < -0.39 is 0 Å². The number of hydrogen-bond donors (Lipinski definition) is 2. The second-order valence-corrected chi connectivity index (χ2v) is 5.31. The number of benzene rings is 1. The molecule has 0 aliphatic rings. The van der Waals surface area contributed by atoms with E-state index in [1.54, 1.807) is 6.92 Å². The number of halogens is 1. The maximum atomic E-state index is 13.7. The van der Waals surface area contributed by atoms with Crippen LogP contribution < -0.4 is 10.6 Å². The fraction of sp³-hybridized carbons (Fsp3) is 0.600.